The van der Waals surface area contributed by atoms with Gasteiger partial charge in [0.15, 0.2) is 0 Å². The fraction of sp³-hybridized carbons (Fsp3) is 0.875. The first-order chi connectivity index (χ1) is 5.47. The highest BCUT2D eigenvalue weighted by Gasteiger charge is 2.23. The lowest BCUT2D eigenvalue weighted by Gasteiger charge is -2.17. The first-order valence-corrected chi connectivity index (χ1v) is 4.97. The fourth-order valence-electron chi connectivity index (χ4n) is 1.33. The largest absolute Gasteiger partial charge is 0.379 e. The molecule has 1 amide bonds. The maximum Gasteiger partial charge on any atom is 0.220 e. The van der Waals surface area contributed by atoms with E-state index < -0.39 is 4.51 Å². The van der Waals surface area contributed by atoms with Gasteiger partial charge in [-0.3, -0.25) is 4.79 Å². The van der Waals surface area contributed by atoms with Gasteiger partial charge in [-0.2, -0.15) is 0 Å². The summed E-state index contributed by atoms with van der Waals surface area (Å²) in [5, 5.41) is 12.2. The highest BCUT2D eigenvalue weighted by Crippen LogP contribution is 2.22. The van der Waals surface area contributed by atoms with Crippen molar-refractivity contribution in [3.05, 3.63) is 0 Å². The van der Waals surface area contributed by atoms with E-state index >= 15 is 0 Å². The standard InChI is InChI=1S/C8H14BrNO2/c1-8(9,12)5-4-6-2-3-7(11)10-6/h6,12H,2-5H2,1H3,(H,10,11). The number of aliphatic hydroxyl groups is 1. The summed E-state index contributed by atoms with van der Waals surface area (Å²) in [5.41, 5.74) is 0. The Morgan fingerprint density at radius 1 is 1.83 bits per heavy atom. The minimum Gasteiger partial charge on any atom is -0.379 e. The van der Waals surface area contributed by atoms with Crippen molar-refractivity contribution in [1.29, 1.82) is 0 Å². The van der Waals surface area contributed by atoms with Gasteiger partial charge in [0.05, 0.1) is 0 Å². The van der Waals surface area contributed by atoms with Gasteiger partial charge in [-0.25, -0.2) is 0 Å². The lowest BCUT2D eigenvalue weighted by molar-refractivity contribution is -0.119. The number of nitrogens with one attached hydrogen (secondary N) is 1. The Bertz CT molecular complexity index is 176. The minimum absolute atomic E-state index is 0.134. The van der Waals surface area contributed by atoms with Crippen LogP contribution in [0.1, 0.15) is 32.6 Å². The third-order valence-corrected chi connectivity index (χ3v) is 2.43. The Labute approximate surface area is 80.7 Å². The Kier molecular flexibility index (Phi) is 3.12. The van der Waals surface area contributed by atoms with Crippen molar-refractivity contribution < 1.29 is 9.90 Å². The molecule has 0 bridgehead atoms. The molecule has 1 heterocycles. The van der Waals surface area contributed by atoms with Gasteiger partial charge in [0.2, 0.25) is 5.91 Å². The number of carbonyl (C=O) groups excluding carboxylic acids is 1. The van der Waals surface area contributed by atoms with Crippen molar-refractivity contribution >= 4 is 21.8 Å². The summed E-state index contributed by atoms with van der Waals surface area (Å²) in [6.07, 6.45) is 3.04. The SMILES string of the molecule is CC(O)(Br)CCC1CCC(=O)N1. The summed E-state index contributed by atoms with van der Waals surface area (Å²) in [6.45, 7) is 1.71. The molecule has 1 fully saturated rings. The molecule has 0 aromatic heterocycles. The molecule has 1 rings (SSSR count). The normalized spacial score (nSPS) is 28.2. The predicted octanol–water partition coefficient (Wildman–Crippen LogP) is 1.15. The molecule has 0 aromatic rings. The van der Waals surface area contributed by atoms with Crippen LogP contribution < -0.4 is 5.32 Å². The van der Waals surface area contributed by atoms with E-state index in [1.165, 1.54) is 0 Å². The molecule has 12 heavy (non-hydrogen) atoms. The van der Waals surface area contributed by atoms with E-state index in [1.54, 1.807) is 6.92 Å². The number of carbonyl (C=O) groups is 1. The molecule has 70 valence electrons. The Hall–Kier alpha value is -0.0900. The molecular weight excluding hydrogens is 222 g/mol. The van der Waals surface area contributed by atoms with Crippen LogP contribution in [0.2, 0.25) is 0 Å². The second kappa shape index (κ2) is 3.75. The summed E-state index contributed by atoms with van der Waals surface area (Å²) in [7, 11) is 0. The van der Waals surface area contributed by atoms with E-state index in [0.29, 0.717) is 12.8 Å². The summed E-state index contributed by atoms with van der Waals surface area (Å²) in [6, 6.07) is 0.265. The van der Waals surface area contributed by atoms with Crippen LogP contribution >= 0.6 is 15.9 Å². The number of rotatable bonds is 3. The number of amides is 1. The Morgan fingerprint density at radius 2 is 2.50 bits per heavy atom. The van der Waals surface area contributed by atoms with Gasteiger partial charge in [-0.15, -0.1) is 0 Å². The molecule has 2 N–H and O–H groups in total. The molecule has 2 unspecified atom stereocenters. The molecular formula is C8H14BrNO2. The van der Waals surface area contributed by atoms with Crippen LogP contribution in [0.4, 0.5) is 0 Å². The Balaban J connectivity index is 2.20. The first-order valence-electron chi connectivity index (χ1n) is 4.18. The van der Waals surface area contributed by atoms with E-state index in [0.717, 1.165) is 12.8 Å². The molecule has 1 aliphatic heterocycles. The topological polar surface area (TPSA) is 49.3 Å². The van der Waals surface area contributed by atoms with Gasteiger partial charge in [0.25, 0.3) is 0 Å². The van der Waals surface area contributed by atoms with Crippen LogP contribution in [-0.4, -0.2) is 21.6 Å². The molecule has 1 aliphatic rings. The number of alkyl halides is 1. The zero-order chi connectivity index (χ0) is 9.19. The minimum atomic E-state index is -0.791. The average Bonchev–Trinajstić information content (AvgIpc) is 2.30. The van der Waals surface area contributed by atoms with Crippen LogP contribution in [0.25, 0.3) is 0 Å². The molecule has 0 aliphatic carbocycles. The van der Waals surface area contributed by atoms with Gasteiger partial charge < -0.3 is 10.4 Å². The molecule has 0 radical (unpaired) electrons. The third kappa shape index (κ3) is 3.54. The van der Waals surface area contributed by atoms with E-state index in [4.69, 9.17) is 0 Å². The maximum absolute atomic E-state index is 10.8. The Morgan fingerprint density at radius 3 is 2.92 bits per heavy atom. The first kappa shape index (κ1) is 9.99. The van der Waals surface area contributed by atoms with Crippen molar-refractivity contribution in [3.8, 4) is 0 Å². The summed E-state index contributed by atoms with van der Waals surface area (Å²) in [5.74, 6) is 0.134. The maximum atomic E-state index is 10.8. The smallest absolute Gasteiger partial charge is 0.220 e. The van der Waals surface area contributed by atoms with Crippen molar-refractivity contribution in [2.24, 2.45) is 0 Å². The average molecular weight is 236 g/mol. The summed E-state index contributed by atoms with van der Waals surface area (Å²) >= 11 is 3.14. The molecule has 0 spiro atoms. The van der Waals surface area contributed by atoms with Crippen molar-refractivity contribution in [2.45, 2.75) is 43.2 Å². The lowest BCUT2D eigenvalue weighted by atomic mass is 10.1. The highest BCUT2D eigenvalue weighted by atomic mass is 79.9. The van der Waals surface area contributed by atoms with Crippen molar-refractivity contribution in [2.75, 3.05) is 0 Å². The fourth-order valence-corrected chi connectivity index (χ4v) is 1.56. The predicted molar refractivity (Wildman–Crippen MR) is 49.9 cm³/mol. The second-order valence-electron chi connectivity index (χ2n) is 3.48. The molecule has 0 saturated carbocycles. The van der Waals surface area contributed by atoms with Crippen molar-refractivity contribution in [3.63, 3.8) is 0 Å². The molecule has 2 atom stereocenters. The molecule has 1 saturated heterocycles. The second-order valence-corrected chi connectivity index (χ2v) is 5.19. The van der Waals surface area contributed by atoms with Gasteiger partial charge in [0.1, 0.15) is 4.51 Å². The number of halogens is 1. The zero-order valence-electron chi connectivity index (χ0n) is 7.14. The number of hydrogen-bond acceptors (Lipinski definition) is 2. The summed E-state index contributed by atoms with van der Waals surface area (Å²) in [4.78, 5) is 10.8. The van der Waals surface area contributed by atoms with Crippen LogP contribution in [0.5, 0.6) is 0 Å². The van der Waals surface area contributed by atoms with Crippen LogP contribution in [0.3, 0.4) is 0 Å². The monoisotopic (exact) mass is 235 g/mol. The van der Waals surface area contributed by atoms with Gasteiger partial charge in [-0.1, -0.05) is 15.9 Å². The quantitative estimate of drug-likeness (QED) is 0.722. The van der Waals surface area contributed by atoms with Gasteiger partial charge in [-0.05, 0) is 26.2 Å². The third-order valence-electron chi connectivity index (χ3n) is 2.03. The van der Waals surface area contributed by atoms with E-state index in [1.807, 2.05) is 0 Å². The van der Waals surface area contributed by atoms with E-state index in [-0.39, 0.29) is 11.9 Å². The molecule has 0 aromatic carbocycles. The van der Waals surface area contributed by atoms with Crippen LogP contribution in [0, 0.1) is 0 Å². The van der Waals surface area contributed by atoms with Crippen LogP contribution in [-0.2, 0) is 4.79 Å². The van der Waals surface area contributed by atoms with Gasteiger partial charge in [0, 0.05) is 12.5 Å². The van der Waals surface area contributed by atoms with E-state index in [9.17, 15) is 9.90 Å². The lowest BCUT2D eigenvalue weighted by Crippen LogP contribution is -2.27. The van der Waals surface area contributed by atoms with E-state index in [2.05, 4.69) is 21.2 Å². The number of hydrogen-bond donors (Lipinski definition) is 2. The van der Waals surface area contributed by atoms with Crippen LogP contribution in [0.15, 0.2) is 0 Å². The van der Waals surface area contributed by atoms with Gasteiger partial charge >= 0.3 is 0 Å². The zero-order valence-corrected chi connectivity index (χ0v) is 8.73. The van der Waals surface area contributed by atoms with Crippen molar-refractivity contribution in [1.82, 2.24) is 5.32 Å². The molecule has 4 heteroatoms. The molecule has 3 nitrogen and oxygen atoms in total. The highest BCUT2D eigenvalue weighted by molar-refractivity contribution is 9.10. The summed E-state index contributed by atoms with van der Waals surface area (Å²) < 4.78 is -0.791.